The first-order valence-electron chi connectivity index (χ1n) is 8.31. The highest BCUT2D eigenvalue weighted by Gasteiger charge is 2.21. The maximum absolute atomic E-state index is 12.4. The second-order valence-corrected chi connectivity index (χ2v) is 7.02. The van der Waals surface area contributed by atoms with Gasteiger partial charge in [0.05, 0.1) is 18.4 Å². The highest BCUT2D eigenvalue weighted by Crippen LogP contribution is 2.28. The quantitative estimate of drug-likeness (QED) is 0.831. The lowest BCUT2D eigenvalue weighted by Gasteiger charge is -2.24. The van der Waals surface area contributed by atoms with E-state index >= 15 is 0 Å². The van der Waals surface area contributed by atoms with E-state index in [1.54, 1.807) is 35.6 Å². The van der Waals surface area contributed by atoms with Crippen molar-refractivity contribution in [3.63, 3.8) is 0 Å². The van der Waals surface area contributed by atoms with Gasteiger partial charge in [-0.3, -0.25) is 15.0 Å². The summed E-state index contributed by atoms with van der Waals surface area (Å²) in [5.74, 6) is -0.649. The first-order chi connectivity index (χ1) is 12.1. The number of rotatable bonds is 5. The maximum atomic E-state index is 12.4. The van der Waals surface area contributed by atoms with Gasteiger partial charge in [-0.15, -0.1) is 11.3 Å². The van der Waals surface area contributed by atoms with E-state index in [-0.39, 0.29) is 5.91 Å². The fourth-order valence-electron chi connectivity index (χ4n) is 2.85. The lowest BCUT2D eigenvalue weighted by atomic mass is 10.1. The van der Waals surface area contributed by atoms with Crippen LogP contribution >= 0.6 is 11.3 Å². The molecule has 0 saturated heterocycles. The second kappa shape index (κ2) is 7.76. The molecule has 1 aliphatic heterocycles. The number of amides is 1. The predicted molar refractivity (Wildman–Crippen MR) is 97.1 cm³/mol. The molecule has 1 aromatic heterocycles. The van der Waals surface area contributed by atoms with Crippen LogP contribution < -0.4 is 5.32 Å². The molecular weight excluding hydrogens is 338 g/mol. The van der Waals surface area contributed by atoms with E-state index in [4.69, 9.17) is 0 Å². The normalized spacial score (nSPS) is 14.0. The van der Waals surface area contributed by atoms with Crippen LogP contribution in [0.2, 0.25) is 0 Å². The smallest absolute Gasteiger partial charge is 0.337 e. The Hall–Kier alpha value is -2.25. The van der Waals surface area contributed by atoms with Gasteiger partial charge in [0.15, 0.2) is 5.13 Å². The summed E-state index contributed by atoms with van der Waals surface area (Å²) >= 11 is 1.54. The molecule has 1 N–H and O–H groups in total. The van der Waals surface area contributed by atoms with Crippen LogP contribution in [0.5, 0.6) is 0 Å². The van der Waals surface area contributed by atoms with E-state index in [0.29, 0.717) is 16.3 Å². The van der Waals surface area contributed by atoms with Gasteiger partial charge in [-0.25, -0.2) is 9.78 Å². The van der Waals surface area contributed by atoms with Crippen molar-refractivity contribution in [2.75, 3.05) is 25.5 Å². The third-order valence-corrected chi connectivity index (χ3v) is 5.14. The monoisotopic (exact) mass is 359 g/mol. The van der Waals surface area contributed by atoms with Gasteiger partial charge in [0.2, 0.25) is 0 Å². The molecule has 2 aromatic rings. The van der Waals surface area contributed by atoms with E-state index < -0.39 is 5.97 Å². The van der Waals surface area contributed by atoms with Gasteiger partial charge in [0.25, 0.3) is 5.91 Å². The number of benzene rings is 1. The number of hydrogen-bond acceptors (Lipinski definition) is 6. The van der Waals surface area contributed by atoms with Gasteiger partial charge in [0, 0.05) is 30.0 Å². The number of fused-ring (bicyclic) bond motifs is 1. The van der Waals surface area contributed by atoms with Gasteiger partial charge >= 0.3 is 5.97 Å². The van der Waals surface area contributed by atoms with Crippen molar-refractivity contribution in [3.05, 3.63) is 46.0 Å². The standard InChI is InChI=1S/C18H21N3O3S/c1-3-9-21-10-8-14-15(11-21)25-18(19-14)20-16(22)12-4-6-13(7-5-12)17(23)24-2/h4-7H,3,8-11H2,1-2H3,(H,19,20,22). The van der Waals surface area contributed by atoms with Crippen molar-refractivity contribution in [3.8, 4) is 0 Å². The van der Waals surface area contributed by atoms with Crippen LogP contribution in [0, 0.1) is 0 Å². The number of anilines is 1. The summed E-state index contributed by atoms with van der Waals surface area (Å²) in [6.45, 7) is 5.20. The van der Waals surface area contributed by atoms with Crippen molar-refractivity contribution in [1.29, 1.82) is 0 Å². The number of hydrogen-bond donors (Lipinski definition) is 1. The van der Waals surface area contributed by atoms with Crippen molar-refractivity contribution < 1.29 is 14.3 Å². The zero-order valence-electron chi connectivity index (χ0n) is 14.4. The molecule has 0 aliphatic carbocycles. The SMILES string of the molecule is CCCN1CCc2nc(NC(=O)c3ccc(C(=O)OC)cc3)sc2C1. The predicted octanol–water partition coefficient (Wildman–Crippen LogP) is 2.95. The number of aromatic nitrogens is 1. The summed E-state index contributed by atoms with van der Waals surface area (Å²) in [4.78, 5) is 32.0. The summed E-state index contributed by atoms with van der Waals surface area (Å²) in [5, 5.41) is 3.49. The third-order valence-electron chi connectivity index (χ3n) is 4.14. The minimum absolute atomic E-state index is 0.229. The molecule has 7 heteroatoms. The molecular formula is C18H21N3O3S. The second-order valence-electron chi connectivity index (χ2n) is 5.94. The van der Waals surface area contributed by atoms with Gasteiger partial charge in [-0.2, -0.15) is 0 Å². The van der Waals surface area contributed by atoms with E-state index in [1.807, 2.05) is 0 Å². The summed E-state index contributed by atoms with van der Waals surface area (Å²) in [6.07, 6.45) is 2.06. The minimum atomic E-state index is -0.420. The van der Waals surface area contributed by atoms with Crippen molar-refractivity contribution >= 4 is 28.3 Å². The molecule has 0 fully saturated rings. The Morgan fingerprint density at radius 3 is 2.68 bits per heavy atom. The fraction of sp³-hybridized carbons (Fsp3) is 0.389. The fourth-order valence-corrected chi connectivity index (χ4v) is 3.90. The highest BCUT2D eigenvalue weighted by molar-refractivity contribution is 7.15. The Labute approximate surface area is 150 Å². The number of methoxy groups -OCH3 is 1. The number of nitrogens with one attached hydrogen (secondary N) is 1. The highest BCUT2D eigenvalue weighted by atomic mass is 32.1. The largest absolute Gasteiger partial charge is 0.465 e. The molecule has 6 nitrogen and oxygen atoms in total. The Balaban J connectivity index is 1.67. The van der Waals surface area contributed by atoms with Crippen LogP contribution in [-0.4, -0.2) is 42.0 Å². The lowest BCUT2D eigenvalue weighted by Crippen LogP contribution is -2.30. The molecule has 0 spiro atoms. The third kappa shape index (κ3) is 4.05. The lowest BCUT2D eigenvalue weighted by molar-refractivity contribution is 0.0600. The van der Waals surface area contributed by atoms with Crippen LogP contribution in [0.4, 0.5) is 5.13 Å². The van der Waals surface area contributed by atoms with Gasteiger partial charge in [0.1, 0.15) is 0 Å². The topological polar surface area (TPSA) is 71.5 Å². The van der Waals surface area contributed by atoms with Gasteiger partial charge in [-0.1, -0.05) is 6.92 Å². The van der Waals surface area contributed by atoms with E-state index in [9.17, 15) is 9.59 Å². The molecule has 0 bridgehead atoms. The van der Waals surface area contributed by atoms with Crippen LogP contribution in [0.1, 0.15) is 44.6 Å². The molecule has 0 radical (unpaired) electrons. The molecule has 0 atom stereocenters. The van der Waals surface area contributed by atoms with Gasteiger partial charge < -0.3 is 4.74 Å². The first-order valence-corrected chi connectivity index (χ1v) is 9.13. The Morgan fingerprint density at radius 1 is 1.28 bits per heavy atom. The average molecular weight is 359 g/mol. The van der Waals surface area contributed by atoms with Crippen molar-refractivity contribution in [2.45, 2.75) is 26.3 Å². The molecule has 1 aromatic carbocycles. The number of ether oxygens (including phenoxy) is 1. The van der Waals surface area contributed by atoms with E-state index in [0.717, 1.165) is 38.2 Å². The summed E-state index contributed by atoms with van der Waals surface area (Å²) < 4.78 is 4.65. The minimum Gasteiger partial charge on any atom is -0.465 e. The Bertz CT molecular complexity index is 770. The number of esters is 1. The molecule has 2 heterocycles. The molecule has 1 aliphatic rings. The Morgan fingerprint density at radius 2 is 2.00 bits per heavy atom. The van der Waals surface area contributed by atoms with E-state index in [2.05, 4.69) is 26.9 Å². The summed E-state index contributed by atoms with van der Waals surface area (Å²) in [5.41, 5.74) is 1.99. The maximum Gasteiger partial charge on any atom is 0.337 e. The zero-order chi connectivity index (χ0) is 17.8. The summed E-state index contributed by atoms with van der Waals surface area (Å²) in [6, 6.07) is 6.38. The number of nitrogens with zero attached hydrogens (tertiary/aromatic N) is 2. The number of carbonyl (C=O) groups is 2. The Kier molecular flexibility index (Phi) is 5.45. The van der Waals surface area contributed by atoms with Gasteiger partial charge in [-0.05, 0) is 37.2 Å². The molecule has 0 saturated carbocycles. The van der Waals surface area contributed by atoms with Crippen LogP contribution in [-0.2, 0) is 17.7 Å². The molecule has 1 amide bonds. The van der Waals surface area contributed by atoms with Crippen LogP contribution in [0.25, 0.3) is 0 Å². The van der Waals surface area contributed by atoms with Crippen LogP contribution in [0.15, 0.2) is 24.3 Å². The van der Waals surface area contributed by atoms with Crippen molar-refractivity contribution in [2.24, 2.45) is 0 Å². The molecule has 25 heavy (non-hydrogen) atoms. The van der Waals surface area contributed by atoms with Crippen LogP contribution in [0.3, 0.4) is 0 Å². The number of carbonyl (C=O) groups excluding carboxylic acids is 2. The van der Waals surface area contributed by atoms with E-state index in [1.165, 1.54) is 12.0 Å². The first kappa shape index (κ1) is 17.6. The zero-order valence-corrected chi connectivity index (χ0v) is 15.2. The van der Waals surface area contributed by atoms with Crippen molar-refractivity contribution in [1.82, 2.24) is 9.88 Å². The number of thiazole rings is 1. The molecule has 132 valence electrons. The average Bonchev–Trinajstić information content (AvgIpc) is 3.03. The molecule has 0 unspecified atom stereocenters. The summed E-state index contributed by atoms with van der Waals surface area (Å²) in [7, 11) is 1.33. The molecule has 3 rings (SSSR count).